The topological polar surface area (TPSA) is 50.8 Å². The van der Waals surface area contributed by atoms with Crippen LogP contribution in [0.4, 0.5) is 0 Å². The summed E-state index contributed by atoms with van der Waals surface area (Å²) in [5.74, 6) is 0.800. The molecule has 0 radical (unpaired) electrons. The van der Waals surface area contributed by atoms with Gasteiger partial charge in [0.05, 0.1) is 23.9 Å². The molecule has 0 saturated carbocycles. The third-order valence-corrected chi connectivity index (χ3v) is 3.51. The molecule has 0 amide bonds. The summed E-state index contributed by atoms with van der Waals surface area (Å²) < 4.78 is 7.69. The van der Waals surface area contributed by atoms with E-state index in [1.54, 1.807) is 12.1 Å². The summed E-state index contributed by atoms with van der Waals surface area (Å²) in [6.07, 6.45) is 0.904. The molecule has 4 heteroatoms. The van der Waals surface area contributed by atoms with E-state index < -0.39 is 0 Å². The highest BCUT2D eigenvalue weighted by atomic mass is 16.5. The van der Waals surface area contributed by atoms with Crippen molar-refractivity contribution < 1.29 is 4.74 Å². The molecule has 0 fully saturated rings. The predicted molar refractivity (Wildman–Crippen MR) is 77.7 cm³/mol. The third kappa shape index (κ3) is 3.18. The molecule has 0 spiro atoms. The molecular formula is C16H19N3O. The molecule has 1 aromatic heterocycles. The Bertz CT molecular complexity index is 620. The molecule has 0 unspecified atom stereocenters. The minimum atomic E-state index is 0.642. The zero-order valence-electron chi connectivity index (χ0n) is 12.2. The molecule has 1 heterocycles. The molecule has 0 bridgehead atoms. The van der Waals surface area contributed by atoms with E-state index in [4.69, 9.17) is 10.00 Å². The summed E-state index contributed by atoms with van der Waals surface area (Å²) in [5, 5.41) is 13.2. The normalized spacial score (nSPS) is 10.3. The van der Waals surface area contributed by atoms with Gasteiger partial charge in [-0.05, 0) is 50.6 Å². The van der Waals surface area contributed by atoms with Gasteiger partial charge in [-0.3, -0.25) is 4.68 Å². The SMILES string of the molecule is Cc1nn(CCCOc2ccc(C#N)cc2)c(C)c1C. The fourth-order valence-corrected chi connectivity index (χ4v) is 2.03. The minimum Gasteiger partial charge on any atom is -0.494 e. The van der Waals surface area contributed by atoms with Crippen molar-refractivity contribution in [3.8, 4) is 11.8 Å². The van der Waals surface area contributed by atoms with Crippen LogP contribution in [0.5, 0.6) is 5.75 Å². The maximum atomic E-state index is 8.72. The fraction of sp³-hybridized carbons (Fsp3) is 0.375. The first-order valence-corrected chi connectivity index (χ1v) is 6.75. The average Bonchev–Trinajstić information content (AvgIpc) is 2.71. The number of hydrogen-bond donors (Lipinski definition) is 0. The Labute approximate surface area is 119 Å². The number of aromatic nitrogens is 2. The lowest BCUT2D eigenvalue weighted by Crippen LogP contribution is -2.07. The van der Waals surface area contributed by atoms with Crippen LogP contribution in [0, 0.1) is 32.1 Å². The molecule has 0 saturated heterocycles. The molecular weight excluding hydrogens is 250 g/mol. The number of nitriles is 1. The number of ether oxygens (including phenoxy) is 1. The molecule has 2 rings (SSSR count). The summed E-state index contributed by atoms with van der Waals surface area (Å²) in [5.41, 5.74) is 4.23. The monoisotopic (exact) mass is 269 g/mol. The van der Waals surface area contributed by atoms with Crippen molar-refractivity contribution in [2.24, 2.45) is 0 Å². The molecule has 2 aromatic rings. The molecule has 0 atom stereocenters. The number of nitrogens with zero attached hydrogens (tertiary/aromatic N) is 3. The Balaban J connectivity index is 1.81. The van der Waals surface area contributed by atoms with Crippen molar-refractivity contribution in [3.05, 3.63) is 46.8 Å². The Morgan fingerprint density at radius 2 is 1.90 bits per heavy atom. The van der Waals surface area contributed by atoms with E-state index in [0.717, 1.165) is 24.4 Å². The van der Waals surface area contributed by atoms with Gasteiger partial charge in [-0.15, -0.1) is 0 Å². The standard InChI is InChI=1S/C16H19N3O/c1-12-13(2)18-19(14(12)3)9-4-10-20-16-7-5-15(11-17)6-8-16/h5-8H,4,9-10H2,1-3H3. The average molecular weight is 269 g/mol. The number of rotatable bonds is 5. The summed E-state index contributed by atoms with van der Waals surface area (Å²) in [4.78, 5) is 0. The van der Waals surface area contributed by atoms with Gasteiger partial charge in [-0.25, -0.2) is 0 Å². The third-order valence-electron chi connectivity index (χ3n) is 3.51. The van der Waals surface area contributed by atoms with Crippen LogP contribution in [-0.4, -0.2) is 16.4 Å². The van der Waals surface area contributed by atoms with E-state index in [2.05, 4.69) is 25.0 Å². The predicted octanol–water partition coefficient (Wildman–Crippen LogP) is 3.15. The molecule has 0 aliphatic carbocycles. The van der Waals surface area contributed by atoms with E-state index in [1.807, 2.05) is 23.7 Å². The van der Waals surface area contributed by atoms with Crippen molar-refractivity contribution in [1.82, 2.24) is 9.78 Å². The van der Waals surface area contributed by atoms with Gasteiger partial charge in [0, 0.05) is 18.7 Å². The zero-order chi connectivity index (χ0) is 14.5. The van der Waals surface area contributed by atoms with Crippen LogP contribution in [-0.2, 0) is 6.54 Å². The van der Waals surface area contributed by atoms with Crippen molar-refractivity contribution in [1.29, 1.82) is 5.26 Å². The molecule has 104 valence electrons. The van der Waals surface area contributed by atoms with Gasteiger partial charge in [-0.2, -0.15) is 10.4 Å². The van der Waals surface area contributed by atoms with Crippen LogP contribution in [0.2, 0.25) is 0 Å². The van der Waals surface area contributed by atoms with E-state index in [0.29, 0.717) is 12.2 Å². The van der Waals surface area contributed by atoms with Gasteiger partial charge in [0.2, 0.25) is 0 Å². The molecule has 1 aromatic carbocycles. The fourth-order valence-electron chi connectivity index (χ4n) is 2.03. The van der Waals surface area contributed by atoms with Gasteiger partial charge in [0.1, 0.15) is 5.75 Å². The van der Waals surface area contributed by atoms with Crippen LogP contribution in [0.1, 0.15) is 28.9 Å². The summed E-state index contributed by atoms with van der Waals surface area (Å²) >= 11 is 0. The summed E-state index contributed by atoms with van der Waals surface area (Å²) in [6, 6.07) is 9.27. The lowest BCUT2D eigenvalue weighted by atomic mass is 10.2. The minimum absolute atomic E-state index is 0.642. The lowest BCUT2D eigenvalue weighted by Gasteiger charge is -2.07. The second-order valence-corrected chi connectivity index (χ2v) is 4.86. The first kappa shape index (κ1) is 14.1. The smallest absolute Gasteiger partial charge is 0.119 e. The molecule has 4 nitrogen and oxygen atoms in total. The van der Waals surface area contributed by atoms with Crippen LogP contribution in [0.3, 0.4) is 0 Å². The van der Waals surface area contributed by atoms with E-state index in [1.165, 1.54) is 11.3 Å². The number of hydrogen-bond acceptors (Lipinski definition) is 3. The van der Waals surface area contributed by atoms with Gasteiger partial charge < -0.3 is 4.74 Å². The van der Waals surface area contributed by atoms with Crippen LogP contribution in [0.25, 0.3) is 0 Å². The Morgan fingerprint density at radius 1 is 1.20 bits per heavy atom. The van der Waals surface area contributed by atoms with Gasteiger partial charge in [0.25, 0.3) is 0 Å². The Morgan fingerprint density at radius 3 is 2.45 bits per heavy atom. The van der Waals surface area contributed by atoms with Crippen molar-refractivity contribution in [3.63, 3.8) is 0 Å². The second kappa shape index (κ2) is 6.25. The highest BCUT2D eigenvalue weighted by Gasteiger charge is 2.06. The van der Waals surface area contributed by atoms with Crippen molar-refractivity contribution in [2.45, 2.75) is 33.7 Å². The second-order valence-electron chi connectivity index (χ2n) is 4.86. The molecule has 0 aliphatic heterocycles. The molecule has 0 N–H and O–H groups in total. The van der Waals surface area contributed by atoms with Crippen molar-refractivity contribution >= 4 is 0 Å². The first-order chi connectivity index (χ1) is 9.61. The summed E-state index contributed by atoms with van der Waals surface area (Å²) in [7, 11) is 0. The number of aryl methyl sites for hydroxylation is 2. The van der Waals surface area contributed by atoms with Gasteiger partial charge >= 0.3 is 0 Å². The van der Waals surface area contributed by atoms with Gasteiger partial charge in [-0.1, -0.05) is 0 Å². The van der Waals surface area contributed by atoms with Crippen molar-refractivity contribution in [2.75, 3.05) is 6.61 Å². The largest absolute Gasteiger partial charge is 0.494 e. The molecule has 0 aliphatic rings. The maximum Gasteiger partial charge on any atom is 0.119 e. The van der Waals surface area contributed by atoms with E-state index in [9.17, 15) is 0 Å². The number of benzene rings is 1. The highest BCUT2D eigenvalue weighted by Crippen LogP contribution is 2.13. The Kier molecular flexibility index (Phi) is 4.41. The van der Waals surface area contributed by atoms with E-state index >= 15 is 0 Å². The van der Waals surface area contributed by atoms with Gasteiger partial charge in [0.15, 0.2) is 0 Å². The quantitative estimate of drug-likeness (QED) is 0.783. The Hall–Kier alpha value is -2.28. The van der Waals surface area contributed by atoms with Crippen LogP contribution >= 0.6 is 0 Å². The lowest BCUT2D eigenvalue weighted by molar-refractivity contribution is 0.298. The maximum absolute atomic E-state index is 8.72. The van der Waals surface area contributed by atoms with Crippen LogP contribution in [0.15, 0.2) is 24.3 Å². The zero-order valence-corrected chi connectivity index (χ0v) is 12.2. The highest BCUT2D eigenvalue weighted by molar-refractivity contribution is 5.34. The van der Waals surface area contributed by atoms with E-state index in [-0.39, 0.29) is 0 Å². The first-order valence-electron chi connectivity index (χ1n) is 6.75. The van der Waals surface area contributed by atoms with Crippen LogP contribution < -0.4 is 4.74 Å². The summed E-state index contributed by atoms with van der Waals surface area (Å²) in [6.45, 7) is 7.73. The molecule has 20 heavy (non-hydrogen) atoms.